The highest BCUT2D eigenvalue weighted by atomic mass is 16.5. The average molecular weight is 197 g/mol. The summed E-state index contributed by atoms with van der Waals surface area (Å²) in [7, 11) is 0. The van der Waals surface area contributed by atoms with E-state index in [0.29, 0.717) is 5.57 Å². The van der Waals surface area contributed by atoms with Crippen molar-refractivity contribution in [3.63, 3.8) is 0 Å². The summed E-state index contributed by atoms with van der Waals surface area (Å²) in [5.41, 5.74) is 11.9. The monoisotopic (exact) mass is 197 g/mol. The zero-order valence-electron chi connectivity index (χ0n) is 8.40. The fourth-order valence-corrected chi connectivity index (χ4v) is 1.43. The third-order valence-corrected chi connectivity index (χ3v) is 2.37. The van der Waals surface area contributed by atoms with E-state index in [2.05, 4.69) is 6.58 Å². The summed E-state index contributed by atoms with van der Waals surface area (Å²) in [6.45, 7) is 5.12. The van der Waals surface area contributed by atoms with E-state index in [1.54, 1.807) is 6.92 Å². The zero-order valence-corrected chi connectivity index (χ0v) is 8.40. The second-order valence-corrected chi connectivity index (χ2v) is 3.69. The second-order valence-electron chi connectivity index (χ2n) is 3.69. The summed E-state index contributed by atoms with van der Waals surface area (Å²) in [4.78, 5) is 11.2. The van der Waals surface area contributed by atoms with Crippen molar-refractivity contribution in [1.82, 2.24) is 0 Å². The van der Waals surface area contributed by atoms with Crippen LogP contribution in [0.4, 0.5) is 0 Å². The summed E-state index contributed by atoms with van der Waals surface area (Å²) in [5.74, 6) is -0.389. The molecule has 0 amide bonds. The number of carbonyl (C=O) groups is 1. The molecule has 4 nitrogen and oxygen atoms in total. The quantitative estimate of drug-likeness (QED) is 0.487. The number of hydrogen-bond acceptors (Lipinski definition) is 4. The Morgan fingerprint density at radius 3 is 2.79 bits per heavy atom. The van der Waals surface area contributed by atoms with Crippen LogP contribution in [-0.4, -0.2) is 24.2 Å². The van der Waals surface area contributed by atoms with Crippen molar-refractivity contribution < 1.29 is 9.53 Å². The largest absolute Gasteiger partial charge is 0.457 e. The number of rotatable bonds is 2. The molecule has 1 rings (SSSR count). The molecule has 4 N–H and O–H groups in total. The lowest BCUT2D eigenvalue weighted by molar-refractivity contribution is -0.146. The van der Waals surface area contributed by atoms with Crippen LogP contribution in [-0.2, 0) is 9.53 Å². The summed E-state index contributed by atoms with van der Waals surface area (Å²) >= 11 is 0. The molecular weight excluding hydrogens is 180 g/mol. The fraction of sp³-hybridized carbons (Fsp3) is 0.600. The predicted octanol–water partition coefficient (Wildman–Crippen LogP) is 0.127. The van der Waals surface area contributed by atoms with Gasteiger partial charge in [0.25, 0.3) is 0 Å². The Labute approximate surface area is 84.3 Å². The summed E-state index contributed by atoms with van der Waals surface area (Å²) in [6, 6.07) is -0.487. The van der Waals surface area contributed by atoms with Crippen LogP contribution < -0.4 is 11.5 Å². The Kier molecular flexibility index (Phi) is 3.66. The van der Waals surface area contributed by atoms with E-state index < -0.39 is 0 Å². The molecular formula is C10H17N2O2. The molecule has 79 valence electrons. The molecule has 3 unspecified atom stereocenters. The maximum atomic E-state index is 11.2. The molecule has 1 aliphatic carbocycles. The normalized spacial score (nSPS) is 32.4. The smallest absolute Gasteiger partial charge is 0.333 e. The van der Waals surface area contributed by atoms with Crippen LogP contribution in [0.1, 0.15) is 19.8 Å². The first kappa shape index (κ1) is 11.2. The molecule has 1 fully saturated rings. The van der Waals surface area contributed by atoms with E-state index in [9.17, 15) is 4.79 Å². The van der Waals surface area contributed by atoms with Gasteiger partial charge >= 0.3 is 5.97 Å². The van der Waals surface area contributed by atoms with E-state index in [4.69, 9.17) is 16.2 Å². The fourth-order valence-electron chi connectivity index (χ4n) is 1.43. The molecule has 3 atom stereocenters. The van der Waals surface area contributed by atoms with Crippen molar-refractivity contribution >= 4 is 5.97 Å². The van der Waals surface area contributed by atoms with Gasteiger partial charge in [-0.2, -0.15) is 0 Å². The molecule has 0 aliphatic heterocycles. The van der Waals surface area contributed by atoms with E-state index >= 15 is 0 Å². The van der Waals surface area contributed by atoms with E-state index in [1.807, 2.05) is 6.42 Å². The summed E-state index contributed by atoms with van der Waals surface area (Å²) < 4.78 is 5.17. The first-order valence-corrected chi connectivity index (χ1v) is 4.73. The van der Waals surface area contributed by atoms with Crippen molar-refractivity contribution in [2.75, 3.05) is 0 Å². The van der Waals surface area contributed by atoms with Crippen molar-refractivity contribution in [2.24, 2.45) is 11.5 Å². The molecule has 4 heteroatoms. The highest BCUT2D eigenvalue weighted by molar-refractivity contribution is 5.87. The first-order valence-electron chi connectivity index (χ1n) is 4.73. The van der Waals surface area contributed by atoms with E-state index in [-0.39, 0.29) is 24.2 Å². The van der Waals surface area contributed by atoms with Crippen LogP contribution >= 0.6 is 0 Å². The maximum absolute atomic E-state index is 11.2. The minimum Gasteiger partial charge on any atom is -0.457 e. The van der Waals surface area contributed by atoms with Gasteiger partial charge in [0.2, 0.25) is 0 Å². The maximum Gasteiger partial charge on any atom is 0.333 e. The lowest BCUT2D eigenvalue weighted by Crippen LogP contribution is -2.53. The van der Waals surface area contributed by atoms with Gasteiger partial charge in [0.1, 0.15) is 6.10 Å². The van der Waals surface area contributed by atoms with Gasteiger partial charge in [-0.25, -0.2) is 4.79 Å². The molecule has 0 bridgehead atoms. The zero-order chi connectivity index (χ0) is 10.7. The highest BCUT2D eigenvalue weighted by Crippen LogP contribution is 2.19. The van der Waals surface area contributed by atoms with Gasteiger partial charge in [-0.05, 0) is 26.2 Å². The second kappa shape index (κ2) is 4.57. The minimum atomic E-state index is -0.389. The van der Waals surface area contributed by atoms with Crippen LogP contribution in [0, 0.1) is 6.42 Å². The molecule has 14 heavy (non-hydrogen) atoms. The van der Waals surface area contributed by atoms with Crippen LogP contribution in [0.2, 0.25) is 0 Å². The third kappa shape index (κ3) is 2.56. The van der Waals surface area contributed by atoms with Gasteiger partial charge < -0.3 is 16.2 Å². The molecule has 0 aromatic carbocycles. The molecule has 0 heterocycles. The van der Waals surface area contributed by atoms with Gasteiger partial charge in [0.05, 0.1) is 6.04 Å². The number of esters is 1. The van der Waals surface area contributed by atoms with Gasteiger partial charge in [-0.3, -0.25) is 0 Å². The van der Waals surface area contributed by atoms with Crippen LogP contribution in [0.25, 0.3) is 0 Å². The van der Waals surface area contributed by atoms with E-state index in [0.717, 1.165) is 12.8 Å². The standard InChI is InChI=1S/C10H17N2O2/c1-6(2)10(13)14-8-5-3-4-7(11)9(8)12/h4,7-9H,1,3,5,11-12H2,2H3. The lowest BCUT2D eigenvalue weighted by Gasteiger charge is -2.32. The molecule has 1 aliphatic rings. The topological polar surface area (TPSA) is 78.3 Å². The molecule has 1 radical (unpaired) electrons. The average Bonchev–Trinajstić information content (AvgIpc) is 2.12. The van der Waals surface area contributed by atoms with Crippen molar-refractivity contribution in [3.05, 3.63) is 18.6 Å². The Morgan fingerprint density at radius 2 is 2.21 bits per heavy atom. The predicted molar refractivity (Wildman–Crippen MR) is 54.2 cm³/mol. The molecule has 0 spiro atoms. The van der Waals surface area contributed by atoms with Gasteiger partial charge in [0, 0.05) is 11.6 Å². The van der Waals surface area contributed by atoms with Crippen molar-refractivity contribution in [1.29, 1.82) is 0 Å². The number of hydrogen-bond donors (Lipinski definition) is 2. The van der Waals surface area contributed by atoms with E-state index in [1.165, 1.54) is 0 Å². The summed E-state index contributed by atoms with van der Waals surface area (Å²) in [5, 5.41) is 0. The molecule has 0 saturated heterocycles. The van der Waals surface area contributed by atoms with Crippen LogP contribution in [0.3, 0.4) is 0 Å². The highest BCUT2D eigenvalue weighted by Gasteiger charge is 2.31. The Hall–Kier alpha value is -0.870. The van der Waals surface area contributed by atoms with Crippen LogP contribution in [0.15, 0.2) is 12.2 Å². The molecule has 0 aromatic rings. The summed E-state index contributed by atoms with van der Waals surface area (Å²) in [6.07, 6.45) is 3.26. The minimum absolute atomic E-state index is 0.188. The van der Waals surface area contributed by atoms with Gasteiger partial charge in [0.15, 0.2) is 0 Å². The first-order chi connectivity index (χ1) is 6.52. The number of nitrogens with two attached hydrogens (primary N) is 2. The number of carbonyl (C=O) groups excluding carboxylic acids is 1. The molecule has 1 saturated carbocycles. The Morgan fingerprint density at radius 1 is 1.57 bits per heavy atom. The van der Waals surface area contributed by atoms with Crippen molar-refractivity contribution in [3.8, 4) is 0 Å². The number of ether oxygens (including phenoxy) is 1. The Bertz CT molecular complexity index is 240. The van der Waals surface area contributed by atoms with Gasteiger partial charge in [-0.1, -0.05) is 6.58 Å². The Balaban J connectivity index is 2.51. The third-order valence-electron chi connectivity index (χ3n) is 2.37. The van der Waals surface area contributed by atoms with Crippen LogP contribution in [0.5, 0.6) is 0 Å². The SMILES string of the molecule is C=C(C)C(=O)OC1CC[CH]C(N)C1N. The van der Waals surface area contributed by atoms with Gasteiger partial charge in [-0.15, -0.1) is 0 Å². The lowest BCUT2D eigenvalue weighted by atomic mass is 9.89. The van der Waals surface area contributed by atoms with Crippen molar-refractivity contribution in [2.45, 2.75) is 38.0 Å². The molecule has 0 aromatic heterocycles.